The topological polar surface area (TPSA) is 38.3 Å². The van der Waals surface area contributed by atoms with Crippen LogP contribution in [0.3, 0.4) is 0 Å². The molecule has 0 fully saturated rings. The third kappa shape index (κ3) is 3.72. The lowest BCUT2D eigenvalue weighted by molar-refractivity contribution is -0.127. The van der Waals surface area contributed by atoms with Crippen LogP contribution in [0.4, 0.5) is 0 Å². The largest absolute Gasteiger partial charge is 0.480 e. The van der Waals surface area contributed by atoms with Crippen LogP contribution in [0.2, 0.25) is 0 Å². The van der Waals surface area contributed by atoms with Gasteiger partial charge < -0.3 is 10.1 Å². The Kier molecular flexibility index (Phi) is 4.46. The van der Waals surface area contributed by atoms with Crippen molar-refractivity contribution in [2.75, 3.05) is 0 Å². The molecule has 1 N–H and O–H groups in total. The number of amides is 1. The van der Waals surface area contributed by atoms with Crippen LogP contribution in [0.5, 0.6) is 5.75 Å². The van der Waals surface area contributed by atoms with Crippen LogP contribution in [-0.4, -0.2) is 18.1 Å². The number of hydrogen-bond donors (Lipinski definition) is 1. The summed E-state index contributed by atoms with van der Waals surface area (Å²) in [5.74, 6) is 1.52. The molecule has 1 aliphatic heterocycles. The Balaban J connectivity index is 1.82. The zero-order valence-corrected chi connectivity index (χ0v) is 12.0. The van der Waals surface area contributed by atoms with Gasteiger partial charge in [-0.05, 0) is 37.3 Å². The lowest BCUT2D eigenvalue weighted by atomic mass is 10.0. The number of carbonyl (C=O) groups excluding carboxylic acids is 1. The van der Waals surface area contributed by atoms with Crippen LogP contribution in [0.15, 0.2) is 24.3 Å². The van der Waals surface area contributed by atoms with E-state index in [1.807, 2.05) is 24.3 Å². The fourth-order valence-electron chi connectivity index (χ4n) is 2.32. The Morgan fingerprint density at radius 2 is 2.05 bits per heavy atom. The lowest BCUT2D eigenvalue weighted by Crippen LogP contribution is -2.42. The number of fused-ring (bicyclic) bond motifs is 1. The van der Waals surface area contributed by atoms with Gasteiger partial charge in [-0.15, -0.1) is 0 Å². The Labute approximate surface area is 115 Å². The van der Waals surface area contributed by atoms with E-state index in [1.165, 1.54) is 0 Å². The van der Waals surface area contributed by atoms with Crippen molar-refractivity contribution in [3.8, 4) is 5.75 Å². The van der Waals surface area contributed by atoms with Crippen molar-refractivity contribution in [1.82, 2.24) is 5.32 Å². The van der Waals surface area contributed by atoms with E-state index < -0.39 is 0 Å². The first-order valence-electron chi connectivity index (χ1n) is 7.11. The highest BCUT2D eigenvalue weighted by atomic mass is 16.5. The smallest absolute Gasteiger partial charge is 0.261 e. The number of benzene rings is 1. The molecule has 0 saturated heterocycles. The summed E-state index contributed by atoms with van der Waals surface area (Å²) >= 11 is 0. The van der Waals surface area contributed by atoms with Crippen molar-refractivity contribution >= 4 is 5.91 Å². The molecule has 2 unspecified atom stereocenters. The zero-order chi connectivity index (χ0) is 13.8. The average Bonchev–Trinajstić information content (AvgIpc) is 2.80. The molecule has 0 saturated carbocycles. The molecule has 0 aromatic heterocycles. The molecular formula is C16H23NO2. The molecule has 2 atom stereocenters. The Hall–Kier alpha value is -1.51. The van der Waals surface area contributed by atoms with E-state index in [1.54, 1.807) is 0 Å². The van der Waals surface area contributed by atoms with Crippen LogP contribution in [0, 0.1) is 5.92 Å². The van der Waals surface area contributed by atoms with Gasteiger partial charge in [-0.2, -0.15) is 0 Å². The second kappa shape index (κ2) is 6.09. The predicted octanol–water partition coefficient (Wildman–Crippen LogP) is 2.93. The van der Waals surface area contributed by atoms with Gasteiger partial charge in [0.1, 0.15) is 5.75 Å². The van der Waals surface area contributed by atoms with E-state index in [4.69, 9.17) is 4.74 Å². The summed E-state index contributed by atoms with van der Waals surface area (Å²) < 4.78 is 5.68. The van der Waals surface area contributed by atoms with Crippen molar-refractivity contribution in [2.24, 2.45) is 5.92 Å². The number of hydrogen-bond acceptors (Lipinski definition) is 2. The van der Waals surface area contributed by atoms with Crippen LogP contribution < -0.4 is 10.1 Å². The van der Waals surface area contributed by atoms with Crippen molar-refractivity contribution in [2.45, 2.75) is 52.2 Å². The molecule has 104 valence electrons. The Bertz CT molecular complexity index is 417. The molecule has 1 heterocycles. The summed E-state index contributed by atoms with van der Waals surface area (Å²) in [7, 11) is 0. The maximum atomic E-state index is 12.1. The van der Waals surface area contributed by atoms with Gasteiger partial charge >= 0.3 is 0 Å². The minimum Gasteiger partial charge on any atom is -0.480 e. The molecule has 1 aromatic rings. The highest BCUT2D eigenvalue weighted by molar-refractivity contribution is 5.82. The maximum absolute atomic E-state index is 12.1. The van der Waals surface area contributed by atoms with Crippen LogP contribution in [-0.2, 0) is 11.2 Å². The van der Waals surface area contributed by atoms with Gasteiger partial charge in [-0.25, -0.2) is 0 Å². The van der Waals surface area contributed by atoms with Gasteiger partial charge in [0.05, 0.1) is 0 Å². The minimum absolute atomic E-state index is 0.00690. The lowest BCUT2D eigenvalue weighted by Gasteiger charge is -2.17. The third-order valence-corrected chi connectivity index (χ3v) is 3.51. The van der Waals surface area contributed by atoms with E-state index in [2.05, 4.69) is 26.1 Å². The summed E-state index contributed by atoms with van der Waals surface area (Å²) in [6.07, 6.45) is 2.47. The maximum Gasteiger partial charge on any atom is 0.261 e. The van der Waals surface area contributed by atoms with Gasteiger partial charge in [0.25, 0.3) is 5.91 Å². The quantitative estimate of drug-likeness (QED) is 0.885. The summed E-state index contributed by atoms with van der Waals surface area (Å²) in [6, 6.07) is 8.07. The van der Waals surface area contributed by atoms with Gasteiger partial charge in [0.2, 0.25) is 0 Å². The Morgan fingerprint density at radius 3 is 2.74 bits per heavy atom. The molecule has 0 radical (unpaired) electrons. The second-order valence-electron chi connectivity index (χ2n) is 5.80. The highest BCUT2D eigenvalue weighted by Crippen LogP contribution is 2.28. The monoisotopic (exact) mass is 261 g/mol. The zero-order valence-electron chi connectivity index (χ0n) is 12.0. The number of para-hydroxylation sites is 1. The molecular weight excluding hydrogens is 238 g/mol. The van der Waals surface area contributed by atoms with Gasteiger partial charge in [-0.1, -0.05) is 32.0 Å². The van der Waals surface area contributed by atoms with E-state index in [0.29, 0.717) is 12.3 Å². The predicted molar refractivity (Wildman–Crippen MR) is 76.2 cm³/mol. The first kappa shape index (κ1) is 13.9. The van der Waals surface area contributed by atoms with Gasteiger partial charge in [-0.3, -0.25) is 4.79 Å². The van der Waals surface area contributed by atoms with Crippen LogP contribution in [0.25, 0.3) is 0 Å². The second-order valence-corrected chi connectivity index (χ2v) is 5.80. The van der Waals surface area contributed by atoms with Crippen LogP contribution >= 0.6 is 0 Å². The molecule has 1 aliphatic rings. The van der Waals surface area contributed by atoms with Crippen molar-refractivity contribution in [3.05, 3.63) is 29.8 Å². The summed E-state index contributed by atoms with van der Waals surface area (Å²) in [4.78, 5) is 12.1. The fraction of sp³-hybridized carbons (Fsp3) is 0.562. The summed E-state index contributed by atoms with van der Waals surface area (Å²) in [5, 5.41) is 3.05. The molecule has 2 rings (SSSR count). The number of ether oxygens (including phenoxy) is 1. The Morgan fingerprint density at radius 1 is 1.32 bits per heavy atom. The van der Waals surface area contributed by atoms with Gasteiger partial charge in [0, 0.05) is 12.5 Å². The van der Waals surface area contributed by atoms with Crippen molar-refractivity contribution < 1.29 is 9.53 Å². The normalized spacial score (nSPS) is 18.8. The minimum atomic E-state index is -0.362. The summed E-state index contributed by atoms with van der Waals surface area (Å²) in [6.45, 7) is 6.46. The van der Waals surface area contributed by atoms with E-state index in [9.17, 15) is 4.79 Å². The van der Waals surface area contributed by atoms with Crippen molar-refractivity contribution in [1.29, 1.82) is 0 Å². The molecule has 0 aliphatic carbocycles. The fourth-order valence-corrected chi connectivity index (χ4v) is 2.32. The summed E-state index contributed by atoms with van der Waals surface area (Å²) in [5.41, 5.74) is 1.12. The number of nitrogens with one attached hydrogen (secondary N) is 1. The van der Waals surface area contributed by atoms with E-state index >= 15 is 0 Å². The first-order valence-corrected chi connectivity index (χ1v) is 7.11. The van der Waals surface area contributed by atoms with Gasteiger partial charge in [0.15, 0.2) is 6.10 Å². The first-order chi connectivity index (χ1) is 9.06. The molecule has 19 heavy (non-hydrogen) atoms. The van der Waals surface area contributed by atoms with Crippen molar-refractivity contribution in [3.63, 3.8) is 0 Å². The van der Waals surface area contributed by atoms with E-state index in [-0.39, 0.29) is 18.1 Å². The third-order valence-electron chi connectivity index (χ3n) is 3.51. The molecule has 3 heteroatoms. The molecule has 0 spiro atoms. The average molecular weight is 261 g/mol. The number of carbonyl (C=O) groups is 1. The molecule has 0 bridgehead atoms. The molecule has 1 amide bonds. The van der Waals surface area contributed by atoms with E-state index in [0.717, 1.165) is 24.2 Å². The van der Waals surface area contributed by atoms with Crippen LogP contribution in [0.1, 0.15) is 39.2 Å². The molecule has 3 nitrogen and oxygen atoms in total. The highest BCUT2D eigenvalue weighted by Gasteiger charge is 2.29. The molecule has 1 aromatic carbocycles. The standard InChI is InChI=1S/C16H23NO2/c1-11(2)8-9-12(3)17-16(18)15-10-13-6-4-5-7-14(13)19-15/h4-7,11-12,15H,8-10H2,1-3H3,(H,17,18). The number of rotatable bonds is 5. The SMILES string of the molecule is CC(C)CCC(C)NC(=O)C1Cc2ccccc2O1.